The molecule has 0 bridgehead atoms. The number of nitrogens with zero attached hydrogens (tertiary/aromatic N) is 1. The first kappa shape index (κ1) is 10.1. The smallest absolute Gasteiger partial charge is 0.113 e. The van der Waals surface area contributed by atoms with Crippen LogP contribution < -0.4 is 5.32 Å². The van der Waals surface area contributed by atoms with Crippen molar-refractivity contribution in [2.45, 2.75) is 39.2 Å². The highest BCUT2D eigenvalue weighted by Gasteiger charge is 2.55. The second kappa shape index (κ2) is 3.31. The van der Waals surface area contributed by atoms with Crippen LogP contribution in [0.1, 0.15) is 38.6 Å². The molecule has 1 aromatic heterocycles. The van der Waals surface area contributed by atoms with Crippen LogP contribution in [0.5, 0.6) is 0 Å². The second-order valence-electron chi connectivity index (χ2n) is 4.66. The molecule has 1 aliphatic rings. The molecule has 1 heterocycles. The average Bonchev–Trinajstić information content (AvgIpc) is 2.65. The molecule has 2 rings (SSSR count). The van der Waals surface area contributed by atoms with Crippen molar-refractivity contribution in [3.8, 4) is 0 Å². The highest BCUT2D eigenvalue weighted by atomic mass is 32.1. The zero-order valence-corrected chi connectivity index (χ0v) is 9.95. The second-order valence-corrected chi connectivity index (χ2v) is 5.55. The van der Waals surface area contributed by atoms with Crippen LogP contribution >= 0.6 is 11.3 Å². The number of thiazole rings is 1. The Morgan fingerprint density at radius 2 is 2.29 bits per heavy atom. The molecule has 1 fully saturated rings. The number of rotatable bonds is 3. The zero-order valence-electron chi connectivity index (χ0n) is 9.13. The van der Waals surface area contributed by atoms with Gasteiger partial charge in [-0.25, -0.2) is 4.98 Å². The highest BCUT2D eigenvalue weighted by molar-refractivity contribution is 7.09. The van der Waals surface area contributed by atoms with Crippen molar-refractivity contribution in [3.63, 3.8) is 0 Å². The van der Waals surface area contributed by atoms with Gasteiger partial charge < -0.3 is 5.32 Å². The monoisotopic (exact) mass is 210 g/mol. The maximum absolute atomic E-state index is 4.48. The Labute approximate surface area is 89.8 Å². The maximum atomic E-state index is 4.48. The van der Waals surface area contributed by atoms with Crippen LogP contribution in [-0.4, -0.2) is 11.5 Å². The van der Waals surface area contributed by atoms with Crippen molar-refractivity contribution in [2.24, 2.45) is 5.41 Å². The fourth-order valence-corrected chi connectivity index (χ4v) is 3.43. The third-order valence-corrected chi connectivity index (χ3v) is 4.49. The summed E-state index contributed by atoms with van der Waals surface area (Å²) < 4.78 is 0. The first-order chi connectivity index (χ1) is 6.62. The van der Waals surface area contributed by atoms with Gasteiger partial charge in [0, 0.05) is 11.6 Å². The van der Waals surface area contributed by atoms with Gasteiger partial charge in [0.15, 0.2) is 0 Å². The van der Waals surface area contributed by atoms with E-state index >= 15 is 0 Å². The number of aromatic nitrogens is 1. The normalized spacial score (nSPS) is 29.9. The van der Waals surface area contributed by atoms with Crippen molar-refractivity contribution in [1.82, 2.24) is 10.3 Å². The lowest BCUT2D eigenvalue weighted by Crippen LogP contribution is -2.60. The van der Waals surface area contributed by atoms with Gasteiger partial charge in [0.2, 0.25) is 0 Å². The molecule has 1 aromatic rings. The number of nitrogens with one attached hydrogen (secondary N) is 1. The predicted octanol–water partition coefficient (Wildman–Crippen LogP) is 2.77. The molecule has 1 aliphatic carbocycles. The molecule has 0 aromatic carbocycles. The molecular formula is C11H18N2S. The molecule has 1 N–H and O–H groups in total. The van der Waals surface area contributed by atoms with Crippen LogP contribution in [0.25, 0.3) is 0 Å². The van der Waals surface area contributed by atoms with Gasteiger partial charge in [-0.05, 0) is 24.8 Å². The van der Waals surface area contributed by atoms with Crippen LogP contribution in [-0.2, 0) is 5.54 Å². The molecule has 0 aliphatic heterocycles. The van der Waals surface area contributed by atoms with Gasteiger partial charge in [0.25, 0.3) is 0 Å². The fraction of sp³-hybridized carbons (Fsp3) is 0.727. The Bertz CT molecular complexity index is 305. The summed E-state index contributed by atoms with van der Waals surface area (Å²) in [4.78, 5) is 4.48. The van der Waals surface area contributed by atoms with E-state index in [1.165, 1.54) is 17.8 Å². The summed E-state index contributed by atoms with van der Waals surface area (Å²) in [5, 5.41) is 6.97. The van der Waals surface area contributed by atoms with Gasteiger partial charge in [0.05, 0.1) is 5.54 Å². The van der Waals surface area contributed by atoms with Crippen molar-refractivity contribution in [1.29, 1.82) is 0 Å². The van der Waals surface area contributed by atoms with E-state index < -0.39 is 0 Å². The third kappa shape index (κ3) is 1.22. The van der Waals surface area contributed by atoms with Crippen LogP contribution in [0.15, 0.2) is 11.6 Å². The van der Waals surface area contributed by atoms with Crippen LogP contribution in [0.2, 0.25) is 0 Å². The first-order valence-electron chi connectivity index (χ1n) is 5.27. The summed E-state index contributed by atoms with van der Waals surface area (Å²) in [6.45, 7) is 7.86. The van der Waals surface area contributed by atoms with Crippen molar-refractivity contribution in [2.75, 3.05) is 6.54 Å². The highest BCUT2D eigenvalue weighted by Crippen LogP contribution is 2.56. The summed E-state index contributed by atoms with van der Waals surface area (Å²) in [5.74, 6) is 0. The Morgan fingerprint density at radius 3 is 2.64 bits per heavy atom. The topological polar surface area (TPSA) is 24.9 Å². The molecule has 14 heavy (non-hydrogen) atoms. The fourth-order valence-electron chi connectivity index (χ4n) is 2.41. The average molecular weight is 210 g/mol. The maximum Gasteiger partial charge on any atom is 0.113 e. The Morgan fingerprint density at radius 1 is 1.50 bits per heavy atom. The van der Waals surface area contributed by atoms with Crippen molar-refractivity contribution < 1.29 is 0 Å². The molecule has 1 atom stereocenters. The van der Waals surface area contributed by atoms with Gasteiger partial charge in [-0.2, -0.15) is 0 Å². The minimum Gasteiger partial charge on any atom is -0.305 e. The van der Waals surface area contributed by atoms with Gasteiger partial charge >= 0.3 is 0 Å². The van der Waals surface area contributed by atoms with E-state index in [1.54, 1.807) is 11.3 Å². The van der Waals surface area contributed by atoms with E-state index in [0.717, 1.165) is 6.54 Å². The van der Waals surface area contributed by atoms with Gasteiger partial charge in [-0.3, -0.25) is 0 Å². The number of hydrogen-bond donors (Lipinski definition) is 1. The largest absolute Gasteiger partial charge is 0.305 e. The van der Waals surface area contributed by atoms with Gasteiger partial charge in [-0.15, -0.1) is 11.3 Å². The molecule has 0 radical (unpaired) electrons. The minimum absolute atomic E-state index is 0.149. The third-order valence-electron chi connectivity index (χ3n) is 3.56. The van der Waals surface area contributed by atoms with Gasteiger partial charge in [0.1, 0.15) is 5.01 Å². The van der Waals surface area contributed by atoms with Crippen molar-refractivity contribution in [3.05, 3.63) is 16.6 Å². The van der Waals surface area contributed by atoms with Crippen LogP contribution in [0, 0.1) is 5.41 Å². The summed E-state index contributed by atoms with van der Waals surface area (Å²) in [6, 6.07) is 0. The standard InChI is InChI=1S/C11H18N2S/c1-4-13-11(6-5-10(11,2)3)9-12-7-8-14-9/h7-8,13H,4-6H2,1-3H3. The van der Waals surface area contributed by atoms with E-state index in [0.29, 0.717) is 5.41 Å². The molecule has 1 unspecified atom stereocenters. The summed E-state index contributed by atoms with van der Waals surface area (Å²) >= 11 is 1.77. The predicted molar refractivity (Wildman–Crippen MR) is 60.5 cm³/mol. The zero-order chi connectivity index (χ0) is 10.2. The van der Waals surface area contributed by atoms with E-state index in [2.05, 4.69) is 36.5 Å². The quantitative estimate of drug-likeness (QED) is 0.830. The van der Waals surface area contributed by atoms with Crippen molar-refractivity contribution >= 4 is 11.3 Å². The Kier molecular flexibility index (Phi) is 2.40. The molecular weight excluding hydrogens is 192 g/mol. The summed E-state index contributed by atoms with van der Waals surface area (Å²) in [5.41, 5.74) is 0.497. The van der Waals surface area contributed by atoms with E-state index in [9.17, 15) is 0 Å². The number of hydrogen-bond acceptors (Lipinski definition) is 3. The lowest BCUT2D eigenvalue weighted by Gasteiger charge is -2.55. The Hall–Kier alpha value is -0.410. The molecule has 78 valence electrons. The van der Waals surface area contributed by atoms with E-state index in [4.69, 9.17) is 0 Å². The lowest BCUT2D eigenvalue weighted by molar-refractivity contribution is -0.00338. The molecule has 2 nitrogen and oxygen atoms in total. The molecule has 0 amide bonds. The molecule has 1 saturated carbocycles. The van der Waals surface area contributed by atoms with E-state index in [1.807, 2.05) is 6.20 Å². The molecule has 0 spiro atoms. The lowest BCUT2D eigenvalue weighted by atomic mass is 9.56. The Balaban J connectivity index is 2.33. The summed E-state index contributed by atoms with van der Waals surface area (Å²) in [7, 11) is 0. The first-order valence-corrected chi connectivity index (χ1v) is 6.15. The van der Waals surface area contributed by atoms with Crippen LogP contribution in [0.4, 0.5) is 0 Å². The summed E-state index contributed by atoms with van der Waals surface area (Å²) in [6.07, 6.45) is 4.43. The van der Waals surface area contributed by atoms with Gasteiger partial charge in [-0.1, -0.05) is 20.8 Å². The molecule has 0 saturated heterocycles. The minimum atomic E-state index is 0.149. The van der Waals surface area contributed by atoms with E-state index in [-0.39, 0.29) is 5.54 Å². The SMILES string of the molecule is CCNC1(c2nccs2)CCC1(C)C. The van der Waals surface area contributed by atoms with Crippen LogP contribution in [0.3, 0.4) is 0 Å². The molecule has 3 heteroatoms.